The third-order valence-electron chi connectivity index (χ3n) is 4.06. The molecule has 0 radical (unpaired) electrons. The first-order valence-electron chi connectivity index (χ1n) is 8.44. The number of nitrogens with one attached hydrogen (secondary N) is 1. The molecule has 0 aliphatic heterocycles. The van der Waals surface area contributed by atoms with Gasteiger partial charge in [0.2, 0.25) is 5.95 Å². The molecule has 0 aliphatic rings. The molecule has 3 aromatic rings. The van der Waals surface area contributed by atoms with Gasteiger partial charge in [-0.2, -0.15) is 4.39 Å². The number of benzene rings is 2. The van der Waals surface area contributed by atoms with Gasteiger partial charge >= 0.3 is 0 Å². The molecule has 0 fully saturated rings. The smallest absolute Gasteiger partial charge is 0.255 e. The Bertz CT molecular complexity index is 948. The fraction of sp³-hybridized carbons (Fsp3) is 0.143. The van der Waals surface area contributed by atoms with Gasteiger partial charge in [-0.25, -0.2) is 4.98 Å². The first-order chi connectivity index (χ1) is 13.0. The maximum atomic E-state index is 14.2. The summed E-state index contributed by atoms with van der Waals surface area (Å²) >= 11 is 11.8. The first-order valence-corrected chi connectivity index (χ1v) is 9.20. The van der Waals surface area contributed by atoms with E-state index in [-0.39, 0.29) is 5.56 Å². The van der Waals surface area contributed by atoms with Crippen LogP contribution >= 0.6 is 23.2 Å². The molecule has 27 heavy (non-hydrogen) atoms. The predicted molar refractivity (Wildman–Crippen MR) is 106 cm³/mol. The average Bonchev–Trinajstić information content (AvgIpc) is 2.65. The van der Waals surface area contributed by atoms with Crippen LogP contribution in [-0.2, 0) is 12.8 Å². The summed E-state index contributed by atoms with van der Waals surface area (Å²) in [5, 5.41) is 3.64. The second kappa shape index (κ2) is 8.98. The third kappa shape index (κ3) is 5.28. The number of carbonyl (C=O) groups excluding carboxylic acids is 1. The molecule has 3 nitrogen and oxygen atoms in total. The number of hydrogen-bond donors (Lipinski definition) is 1. The van der Waals surface area contributed by atoms with Gasteiger partial charge in [0.25, 0.3) is 5.91 Å². The van der Waals surface area contributed by atoms with E-state index in [1.54, 1.807) is 18.2 Å². The Morgan fingerprint density at radius 3 is 2.44 bits per heavy atom. The number of amides is 1. The highest BCUT2D eigenvalue weighted by Crippen LogP contribution is 2.22. The van der Waals surface area contributed by atoms with Gasteiger partial charge in [0.1, 0.15) is 0 Å². The fourth-order valence-electron chi connectivity index (χ4n) is 2.66. The molecule has 6 heteroatoms. The van der Waals surface area contributed by atoms with E-state index in [2.05, 4.69) is 10.3 Å². The van der Waals surface area contributed by atoms with Gasteiger partial charge in [0.15, 0.2) is 0 Å². The van der Waals surface area contributed by atoms with Crippen LogP contribution in [0.3, 0.4) is 0 Å². The van der Waals surface area contributed by atoms with E-state index in [1.807, 2.05) is 36.4 Å². The Labute approximate surface area is 167 Å². The molecule has 1 N–H and O–H groups in total. The number of halogens is 3. The molecule has 0 spiro atoms. The lowest BCUT2D eigenvalue weighted by Gasteiger charge is -2.08. The number of rotatable bonds is 6. The molecule has 1 aromatic heterocycles. The van der Waals surface area contributed by atoms with Crippen LogP contribution in [-0.4, -0.2) is 17.4 Å². The minimum absolute atomic E-state index is 0.0686. The Kier molecular flexibility index (Phi) is 6.43. The molecular formula is C21H17Cl2FN2O. The van der Waals surface area contributed by atoms with E-state index < -0.39 is 11.9 Å². The summed E-state index contributed by atoms with van der Waals surface area (Å²) in [6.45, 7) is 0.349. The minimum Gasteiger partial charge on any atom is -0.352 e. The molecule has 0 atom stereocenters. The van der Waals surface area contributed by atoms with Crippen molar-refractivity contribution in [3.8, 4) is 0 Å². The fourth-order valence-corrected chi connectivity index (χ4v) is 2.98. The lowest BCUT2D eigenvalue weighted by molar-refractivity contribution is 0.0949. The zero-order chi connectivity index (χ0) is 19.2. The van der Waals surface area contributed by atoms with Gasteiger partial charge in [0.05, 0.1) is 15.6 Å². The summed E-state index contributed by atoms with van der Waals surface area (Å²) < 4.78 is 14.2. The van der Waals surface area contributed by atoms with Gasteiger partial charge < -0.3 is 5.32 Å². The Hall–Kier alpha value is -2.43. The second-order valence-electron chi connectivity index (χ2n) is 6.06. The molecule has 0 bridgehead atoms. The Morgan fingerprint density at radius 1 is 0.963 bits per heavy atom. The lowest BCUT2D eigenvalue weighted by atomic mass is 10.1. The summed E-state index contributed by atoms with van der Waals surface area (Å²) in [5.41, 5.74) is 2.47. The van der Waals surface area contributed by atoms with Crippen molar-refractivity contribution < 1.29 is 9.18 Å². The van der Waals surface area contributed by atoms with E-state index in [0.717, 1.165) is 11.1 Å². The lowest BCUT2D eigenvalue weighted by Crippen LogP contribution is -2.27. The predicted octanol–water partition coefficient (Wildman–Crippen LogP) is 5.09. The van der Waals surface area contributed by atoms with Crippen LogP contribution in [0.5, 0.6) is 0 Å². The second-order valence-corrected chi connectivity index (χ2v) is 6.87. The van der Waals surface area contributed by atoms with Crippen molar-refractivity contribution in [2.24, 2.45) is 0 Å². The molecule has 1 heterocycles. The molecule has 0 aliphatic carbocycles. The highest BCUT2D eigenvalue weighted by molar-refractivity contribution is 6.42. The number of aromatic nitrogens is 1. The summed E-state index contributed by atoms with van der Waals surface area (Å²) in [4.78, 5) is 16.1. The van der Waals surface area contributed by atoms with E-state index in [4.69, 9.17) is 23.2 Å². The van der Waals surface area contributed by atoms with Crippen molar-refractivity contribution in [2.75, 3.05) is 6.54 Å². The molecule has 0 unspecified atom stereocenters. The maximum Gasteiger partial charge on any atom is 0.255 e. The van der Waals surface area contributed by atoms with Crippen LogP contribution in [0.15, 0.2) is 60.7 Å². The number of hydrogen-bond acceptors (Lipinski definition) is 2. The summed E-state index contributed by atoms with van der Waals surface area (Å²) in [7, 11) is 0. The molecule has 1 amide bonds. The minimum atomic E-state index is -0.768. The molecule has 0 saturated carbocycles. The van der Waals surface area contributed by atoms with Gasteiger partial charge in [-0.3, -0.25) is 4.79 Å². The first kappa shape index (κ1) is 19.3. The Balaban J connectivity index is 1.58. The van der Waals surface area contributed by atoms with Crippen molar-refractivity contribution in [1.82, 2.24) is 10.3 Å². The van der Waals surface area contributed by atoms with Crippen LogP contribution < -0.4 is 5.32 Å². The van der Waals surface area contributed by atoms with Crippen LogP contribution in [0.1, 0.15) is 27.2 Å². The van der Waals surface area contributed by atoms with Crippen molar-refractivity contribution in [3.63, 3.8) is 0 Å². The Morgan fingerprint density at radius 2 is 1.74 bits per heavy atom. The van der Waals surface area contributed by atoms with Crippen molar-refractivity contribution in [2.45, 2.75) is 12.8 Å². The zero-order valence-electron chi connectivity index (χ0n) is 14.4. The standard InChI is InChI=1S/C21H17Cl2FN2O/c22-18-9-6-15(13-19(18)23)10-11-25-21(27)17-8-7-16(26-20(17)24)12-14-4-2-1-3-5-14/h1-9,13H,10-12H2,(H,25,27). The van der Waals surface area contributed by atoms with Crippen LogP contribution in [0.25, 0.3) is 0 Å². The van der Waals surface area contributed by atoms with Crippen molar-refractivity contribution in [1.29, 1.82) is 0 Å². The molecule has 0 saturated heterocycles. The SMILES string of the molecule is O=C(NCCc1ccc(Cl)c(Cl)c1)c1ccc(Cc2ccccc2)nc1F. The van der Waals surface area contributed by atoms with Crippen LogP contribution in [0.2, 0.25) is 10.0 Å². The quantitative estimate of drug-likeness (QED) is 0.583. The largest absolute Gasteiger partial charge is 0.352 e. The monoisotopic (exact) mass is 402 g/mol. The molecular weight excluding hydrogens is 386 g/mol. The van der Waals surface area contributed by atoms with Gasteiger partial charge in [-0.1, -0.05) is 59.6 Å². The summed E-state index contributed by atoms with van der Waals surface area (Å²) in [5.74, 6) is -1.26. The molecule has 2 aromatic carbocycles. The number of carbonyl (C=O) groups is 1. The average molecular weight is 403 g/mol. The van der Waals surface area contributed by atoms with E-state index >= 15 is 0 Å². The highest BCUT2D eigenvalue weighted by Gasteiger charge is 2.13. The summed E-state index contributed by atoms with van der Waals surface area (Å²) in [6.07, 6.45) is 1.07. The van der Waals surface area contributed by atoms with Crippen LogP contribution in [0, 0.1) is 5.95 Å². The van der Waals surface area contributed by atoms with E-state index in [0.29, 0.717) is 35.1 Å². The zero-order valence-corrected chi connectivity index (χ0v) is 15.9. The van der Waals surface area contributed by atoms with Gasteiger partial charge in [-0.05, 0) is 41.8 Å². The van der Waals surface area contributed by atoms with Crippen molar-refractivity contribution >= 4 is 29.1 Å². The number of pyridine rings is 1. The maximum absolute atomic E-state index is 14.2. The topological polar surface area (TPSA) is 42.0 Å². The van der Waals surface area contributed by atoms with Crippen LogP contribution in [0.4, 0.5) is 4.39 Å². The van der Waals surface area contributed by atoms with Gasteiger partial charge in [0, 0.05) is 18.7 Å². The highest BCUT2D eigenvalue weighted by atomic mass is 35.5. The number of nitrogens with zero attached hydrogens (tertiary/aromatic N) is 1. The van der Waals surface area contributed by atoms with E-state index in [9.17, 15) is 9.18 Å². The van der Waals surface area contributed by atoms with Gasteiger partial charge in [-0.15, -0.1) is 0 Å². The summed E-state index contributed by atoms with van der Waals surface area (Å²) in [6, 6.07) is 18.1. The molecule has 138 valence electrons. The normalized spacial score (nSPS) is 10.6. The van der Waals surface area contributed by atoms with E-state index in [1.165, 1.54) is 6.07 Å². The molecule has 3 rings (SSSR count). The third-order valence-corrected chi connectivity index (χ3v) is 4.80. The van der Waals surface area contributed by atoms with Crippen molar-refractivity contribution in [3.05, 3.63) is 99.0 Å².